The van der Waals surface area contributed by atoms with E-state index in [0.717, 1.165) is 29.8 Å². The Labute approximate surface area is 229 Å². The summed E-state index contributed by atoms with van der Waals surface area (Å²) in [5.74, 6) is 0.853. The zero-order chi connectivity index (χ0) is 27.3. The molecule has 3 aromatic rings. The molecule has 39 heavy (non-hydrogen) atoms. The molecule has 0 N–H and O–H groups in total. The summed E-state index contributed by atoms with van der Waals surface area (Å²) in [6.07, 6.45) is 0.704. The minimum absolute atomic E-state index is 0.0140. The fourth-order valence-corrected chi connectivity index (χ4v) is 6.56. The molecule has 7 heteroatoms. The van der Waals surface area contributed by atoms with Crippen molar-refractivity contribution < 1.29 is 19.1 Å². The largest absolute Gasteiger partial charge is 0.493 e. The van der Waals surface area contributed by atoms with Crippen molar-refractivity contribution in [3.8, 4) is 11.5 Å². The lowest BCUT2D eigenvalue weighted by Gasteiger charge is -2.47. The number of methoxy groups -OCH3 is 2. The van der Waals surface area contributed by atoms with Gasteiger partial charge in [0.15, 0.2) is 11.5 Å². The van der Waals surface area contributed by atoms with Gasteiger partial charge in [0.25, 0.3) is 5.91 Å². The van der Waals surface area contributed by atoms with Gasteiger partial charge < -0.3 is 24.2 Å². The number of carbonyl (C=O) groups is 2. The van der Waals surface area contributed by atoms with Crippen molar-refractivity contribution in [3.63, 3.8) is 0 Å². The van der Waals surface area contributed by atoms with E-state index in [1.54, 1.807) is 14.2 Å². The summed E-state index contributed by atoms with van der Waals surface area (Å²) in [5.41, 5.74) is 7.31. The molecule has 6 rings (SSSR count). The third kappa shape index (κ3) is 4.11. The van der Waals surface area contributed by atoms with Gasteiger partial charge in [-0.1, -0.05) is 30.3 Å². The van der Waals surface area contributed by atoms with Crippen LogP contribution in [0.15, 0.2) is 54.6 Å². The Morgan fingerprint density at radius 2 is 1.56 bits per heavy atom. The molecule has 0 aliphatic carbocycles. The first-order valence-corrected chi connectivity index (χ1v) is 13.7. The predicted octanol–water partition coefficient (Wildman–Crippen LogP) is 4.51. The molecular weight excluding hydrogens is 490 g/mol. The summed E-state index contributed by atoms with van der Waals surface area (Å²) >= 11 is 0. The number of nitrogens with zero attached hydrogens (tertiary/aromatic N) is 3. The summed E-state index contributed by atoms with van der Waals surface area (Å²) in [5, 5.41) is 0. The quantitative estimate of drug-likeness (QED) is 0.502. The van der Waals surface area contributed by atoms with E-state index in [2.05, 4.69) is 36.9 Å². The van der Waals surface area contributed by atoms with Crippen molar-refractivity contribution in [3.05, 3.63) is 88.0 Å². The van der Waals surface area contributed by atoms with Crippen molar-refractivity contribution in [1.82, 2.24) is 9.80 Å². The van der Waals surface area contributed by atoms with E-state index in [-0.39, 0.29) is 17.9 Å². The summed E-state index contributed by atoms with van der Waals surface area (Å²) < 4.78 is 11.2. The smallest absolute Gasteiger partial charge is 0.254 e. The molecule has 0 bridgehead atoms. The number of amides is 2. The molecule has 0 aromatic heterocycles. The molecule has 3 aromatic carbocycles. The van der Waals surface area contributed by atoms with E-state index in [1.165, 1.54) is 16.8 Å². The molecule has 7 nitrogen and oxygen atoms in total. The fourth-order valence-electron chi connectivity index (χ4n) is 6.56. The molecule has 2 amide bonds. The van der Waals surface area contributed by atoms with Crippen LogP contribution in [0.4, 0.5) is 5.69 Å². The predicted molar refractivity (Wildman–Crippen MR) is 151 cm³/mol. The summed E-state index contributed by atoms with van der Waals surface area (Å²) in [7, 11) is 3.24. The third-order valence-electron chi connectivity index (χ3n) is 8.80. The summed E-state index contributed by atoms with van der Waals surface area (Å²) in [4.78, 5) is 34.4. The second-order valence-corrected chi connectivity index (χ2v) is 10.7. The van der Waals surface area contributed by atoms with Crippen LogP contribution in [0.25, 0.3) is 0 Å². The van der Waals surface area contributed by atoms with E-state index >= 15 is 0 Å². The Kier molecular flexibility index (Phi) is 6.45. The van der Waals surface area contributed by atoms with E-state index < -0.39 is 5.92 Å². The Morgan fingerprint density at radius 3 is 2.31 bits per heavy atom. The highest BCUT2D eigenvalue weighted by Gasteiger charge is 2.48. The molecule has 3 heterocycles. The van der Waals surface area contributed by atoms with Crippen molar-refractivity contribution in [2.75, 3.05) is 51.8 Å². The van der Waals surface area contributed by atoms with Gasteiger partial charge in [-0.05, 0) is 72.4 Å². The lowest BCUT2D eigenvalue weighted by molar-refractivity contribution is -0.135. The maximum Gasteiger partial charge on any atom is 0.254 e. The van der Waals surface area contributed by atoms with Crippen LogP contribution >= 0.6 is 0 Å². The zero-order valence-electron chi connectivity index (χ0n) is 23.1. The Morgan fingerprint density at radius 1 is 0.846 bits per heavy atom. The van der Waals surface area contributed by atoms with Gasteiger partial charge in [-0.2, -0.15) is 0 Å². The standard InChI is InChI=1S/C32H35N3O4/c1-20-8-7-11-26(21(20)2)33-14-16-34(17-15-33)32(37)29-23-9-5-6-10-24(23)31(36)35-13-12-22-18-27(38-3)28(39-4)19-25(22)30(29)35/h5-11,18-19,29-30H,12-17H2,1-4H3/t29-,30+/m0/s1. The topological polar surface area (TPSA) is 62.3 Å². The number of hydrogen-bond acceptors (Lipinski definition) is 5. The maximum atomic E-state index is 14.4. The van der Waals surface area contributed by atoms with Crippen LogP contribution in [0, 0.1) is 13.8 Å². The minimum atomic E-state index is -0.483. The average Bonchev–Trinajstić information content (AvgIpc) is 2.97. The first kappa shape index (κ1) is 25.3. The van der Waals surface area contributed by atoms with Gasteiger partial charge in [-0.25, -0.2) is 0 Å². The van der Waals surface area contributed by atoms with Crippen LogP contribution in [-0.2, 0) is 11.2 Å². The maximum absolute atomic E-state index is 14.4. The van der Waals surface area contributed by atoms with Crippen LogP contribution in [0.5, 0.6) is 11.5 Å². The number of benzene rings is 3. The van der Waals surface area contributed by atoms with Gasteiger partial charge >= 0.3 is 0 Å². The molecule has 3 aliphatic heterocycles. The Balaban J connectivity index is 1.36. The van der Waals surface area contributed by atoms with Crippen LogP contribution in [0.2, 0.25) is 0 Å². The highest BCUT2D eigenvalue weighted by atomic mass is 16.5. The van der Waals surface area contributed by atoms with Crippen LogP contribution < -0.4 is 14.4 Å². The number of aryl methyl sites for hydroxylation is 1. The van der Waals surface area contributed by atoms with Gasteiger partial charge in [0, 0.05) is 44.0 Å². The highest BCUT2D eigenvalue weighted by Crippen LogP contribution is 2.49. The van der Waals surface area contributed by atoms with Crippen molar-refractivity contribution in [1.29, 1.82) is 0 Å². The SMILES string of the molecule is COc1cc2c(cc1OC)[C@@H]1[C@@H](C(=O)N3CCN(c4cccc(C)c4C)CC3)c3ccccc3C(=O)N1CC2. The third-order valence-corrected chi connectivity index (χ3v) is 8.80. The Hall–Kier alpha value is -4.00. The van der Waals surface area contributed by atoms with Gasteiger partial charge in [0.1, 0.15) is 0 Å². The number of piperazine rings is 1. The molecule has 2 atom stereocenters. The van der Waals surface area contributed by atoms with Gasteiger partial charge in [0.2, 0.25) is 5.91 Å². The van der Waals surface area contributed by atoms with Crippen molar-refractivity contribution >= 4 is 17.5 Å². The van der Waals surface area contributed by atoms with Crippen molar-refractivity contribution in [2.45, 2.75) is 32.2 Å². The van der Waals surface area contributed by atoms with E-state index in [4.69, 9.17) is 9.47 Å². The molecule has 0 spiro atoms. The molecule has 1 fully saturated rings. The second-order valence-electron chi connectivity index (χ2n) is 10.7. The van der Waals surface area contributed by atoms with E-state index in [0.29, 0.717) is 43.1 Å². The lowest BCUT2D eigenvalue weighted by atomic mass is 9.75. The normalized spacial score (nSPS) is 20.2. The zero-order valence-corrected chi connectivity index (χ0v) is 23.1. The summed E-state index contributed by atoms with van der Waals surface area (Å²) in [6.45, 7) is 7.70. The molecule has 1 saturated heterocycles. The first-order chi connectivity index (χ1) is 18.9. The number of rotatable bonds is 4. The average molecular weight is 526 g/mol. The Bertz CT molecular complexity index is 1440. The van der Waals surface area contributed by atoms with E-state index in [1.807, 2.05) is 46.2 Å². The lowest BCUT2D eigenvalue weighted by Crippen LogP contribution is -2.54. The minimum Gasteiger partial charge on any atom is -0.493 e. The van der Waals surface area contributed by atoms with Crippen LogP contribution in [0.3, 0.4) is 0 Å². The molecular formula is C32H35N3O4. The number of carbonyl (C=O) groups excluding carboxylic acids is 2. The molecule has 202 valence electrons. The van der Waals surface area contributed by atoms with Gasteiger partial charge in [-0.15, -0.1) is 0 Å². The van der Waals surface area contributed by atoms with Crippen LogP contribution in [-0.4, -0.2) is 68.6 Å². The summed E-state index contributed by atoms with van der Waals surface area (Å²) in [6, 6.07) is 17.6. The number of anilines is 1. The first-order valence-electron chi connectivity index (χ1n) is 13.7. The number of ether oxygens (including phenoxy) is 2. The number of fused-ring (bicyclic) bond motifs is 4. The molecule has 3 aliphatic rings. The van der Waals surface area contributed by atoms with E-state index in [9.17, 15) is 9.59 Å². The fraction of sp³-hybridized carbons (Fsp3) is 0.375. The highest BCUT2D eigenvalue weighted by molar-refractivity contribution is 6.01. The second kappa shape index (κ2) is 9.95. The monoisotopic (exact) mass is 525 g/mol. The number of hydrogen-bond donors (Lipinski definition) is 0. The van der Waals surface area contributed by atoms with Gasteiger partial charge in [0.05, 0.1) is 26.2 Å². The molecule has 0 unspecified atom stereocenters. The van der Waals surface area contributed by atoms with Crippen molar-refractivity contribution in [2.24, 2.45) is 0 Å². The van der Waals surface area contributed by atoms with Crippen LogP contribution in [0.1, 0.15) is 50.1 Å². The molecule has 0 radical (unpaired) electrons. The van der Waals surface area contributed by atoms with Gasteiger partial charge in [-0.3, -0.25) is 9.59 Å². The molecule has 0 saturated carbocycles.